The number of hydrogen-bond acceptors (Lipinski definition) is 3. The fraction of sp³-hybridized carbons (Fsp3) is 0.706. The molecule has 3 heteroatoms. The summed E-state index contributed by atoms with van der Waals surface area (Å²) in [5.41, 5.74) is 8.94. The lowest BCUT2D eigenvalue weighted by Crippen LogP contribution is -2.55. The van der Waals surface area contributed by atoms with Gasteiger partial charge in [-0.3, -0.25) is 9.88 Å². The first-order chi connectivity index (χ1) is 9.37. The van der Waals surface area contributed by atoms with Crippen molar-refractivity contribution in [3.05, 3.63) is 29.6 Å². The SMILES string of the molecule is Cc1cccc(CN(C)C2(CN)CCCC(C)(C)C2)n1. The van der Waals surface area contributed by atoms with Crippen molar-refractivity contribution in [2.24, 2.45) is 11.1 Å². The predicted octanol–water partition coefficient (Wildman–Crippen LogP) is 3.12. The van der Waals surface area contributed by atoms with Crippen molar-refractivity contribution in [2.45, 2.75) is 58.5 Å². The van der Waals surface area contributed by atoms with Crippen LogP contribution in [0.1, 0.15) is 50.9 Å². The smallest absolute Gasteiger partial charge is 0.0547 e. The van der Waals surface area contributed by atoms with Gasteiger partial charge >= 0.3 is 0 Å². The molecule has 112 valence electrons. The van der Waals surface area contributed by atoms with Crippen LogP contribution in [0.2, 0.25) is 0 Å². The molecule has 20 heavy (non-hydrogen) atoms. The van der Waals surface area contributed by atoms with Crippen LogP contribution in [-0.4, -0.2) is 29.0 Å². The maximum absolute atomic E-state index is 6.18. The van der Waals surface area contributed by atoms with Gasteiger partial charge in [0.2, 0.25) is 0 Å². The Balaban J connectivity index is 2.14. The third-order valence-electron chi connectivity index (χ3n) is 4.84. The molecule has 1 aromatic rings. The molecule has 0 bridgehead atoms. The number of rotatable bonds is 4. The van der Waals surface area contributed by atoms with E-state index in [9.17, 15) is 0 Å². The normalized spacial score (nSPS) is 25.9. The zero-order valence-electron chi connectivity index (χ0n) is 13.4. The van der Waals surface area contributed by atoms with Crippen molar-refractivity contribution in [1.82, 2.24) is 9.88 Å². The first kappa shape index (κ1) is 15.5. The minimum atomic E-state index is 0.132. The molecule has 2 rings (SSSR count). The molecule has 1 fully saturated rings. The van der Waals surface area contributed by atoms with Gasteiger partial charge in [-0.05, 0) is 50.8 Å². The Bertz CT molecular complexity index is 455. The van der Waals surface area contributed by atoms with Crippen molar-refractivity contribution in [3.63, 3.8) is 0 Å². The second kappa shape index (κ2) is 5.82. The van der Waals surface area contributed by atoms with Gasteiger partial charge in [-0.2, -0.15) is 0 Å². The number of nitrogens with zero attached hydrogens (tertiary/aromatic N) is 2. The molecule has 1 aromatic heterocycles. The summed E-state index contributed by atoms with van der Waals surface area (Å²) in [7, 11) is 2.21. The largest absolute Gasteiger partial charge is 0.329 e. The number of pyridine rings is 1. The van der Waals surface area contributed by atoms with Crippen molar-refractivity contribution >= 4 is 0 Å². The van der Waals surface area contributed by atoms with Gasteiger partial charge in [0.05, 0.1) is 5.69 Å². The first-order valence-corrected chi connectivity index (χ1v) is 7.71. The lowest BCUT2D eigenvalue weighted by molar-refractivity contribution is 0.0216. The van der Waals surface area contributed by atoms with Crippen LogP contribution in [0.3, 0.4) is 0 Å². The van der Waals surface area contributed by atoms with Gasteiger partial charge in [0.15, 0.2) is 0 Å². The average Bonchev–Trinajstić information content (AvgIpc) is 2.37. The van der Waals surface area contributed by atoms with E-state index in [2.05, 4.69) is 42.9 Å². The summed E-state index contributed by atoms with van der Waals surface area (Å²) >= 11 is 0. The standard InChI is InChI=1S/C17H29N3/c1-14-7-5-8-15(19-14)11-20(4)17(13-18)10-6-9-16(2,3)12-17/h5,7-8H,6,9-13,18H2,1-4H3. The Morgan fingerprint density at radius 2 is 2.05 bits per heavy atom. The summed E-state index contributed by atoms with van der Waals surface area (Å²) in [6, 6.07) is 6.25. The average molecular weight is 275 g/mol. The molecule has 3 nitrogen and oxygen atoms in total. The highest BCUT2D eigenvalue weighted by atomic mass is 15.2. The zero-order chi connectivity index (χ0) is 14.8. The highest BCUT2D eigenvalue weighted by Gasteiger charge is 2.41. The molecule has 1 aliphatic carbocycles. The molecule has 2 N–H and O–H groups in total. The summed E-state index contributed by atoms with van der Waals surface area (Å²) in [5, 5.41) is 0. The number of hydrogen-bond donors (Lipinski definition) is 1. The van der Waals surface area contributed by atoms with E-state index in [-0.39, 0.29) is 5.54 Å². The van der Waals surface area contributed by atoms with Crippen LogP contribution in [-0.2, 0) is 6.54 Å². The van der Waals surface area contributed by atoms with E-state index in [1.807, 2.05) is 13.0 Å². The molecule has 0 aliphatic heterocycles. The third kappa shape index (κ3) is 3.39. The number of nitrogens with two attached hydrogens (primary N) is 1. The van der Waals surface area contributed by atoms with Crippen molar-refractivity contribution in [3.8, 4) is 0 Å². The topological polar surface area (TPSA) is 42.1 Å². The number of aryl methyl sites for hydroxylation is 1. The maximum atomic E-state index is 6.18. The Labute approximate surface area is 123 Å². The number of aromatic nitrogens is 1. The Morgan fingerprint density at radius 3 is 2.65 bits per heavy atom. The molecule has 0 spiro atoms. The van der Waals surface area contributed by atoms with E-state index in [1.165, 1.54) is 25.7 Å². The summed E-state index contributed by atoms with van der Waals surface area (Å²) in [6.07, 6.45) is 4.97. The number of likely N-dealkylation sites (N-methyl/N-ethyl adjacent to an activating group) is 1. The van der Waals surface area contributed by atoms with Crippen molar-refractivity contribution in [2.75, 3.05) is 13.6 Å². The summed E-state index contributed by atoms with van der Waals surface area (Å²) in [4.78, 5) is 7.07. The van der Waals surface area contributed by atoms with Crippen LogP contribution in [0.25, 0.3) is 0 Å². The fourth-order valence-corrected chi connectivity index (χ4v) is 3.72. The molecular formula is C17H29N3. The van der Waals surface area contributed by atoms with E-state index < -0.39 is 0 Å². The van der Waals surface area contributed by atoms with Gasteiger partial charge in [0, 0.05) is 24.3 Å². The van der Waals surface area contributed by atoms with E-state index in [1.54, 1.807) is 0 Å². The van der Waals surface area contributed by atoms with Crippen molar-refractivity contribution in [1.29, 1.82) is 0 Å². The van der Waals surface area contributed by atoms with E-state index in [4.69, 9.17) is 5.73 Å². The molecule has 1 saturated carbocycles. The molecule has 0 aromatic carbocycles. The molecule has 1 heterocycles. The van der Waals surface area contributed by atoms with Gasteiger partial charge in [0.1, 0.15) is 0 Å². The fourth-order valence-electron chi connectivity index (χ4n) is 3.72. The highest BCUT2D eigenvalue weighted by molar-refractivity contribution is 5.11. The highest BCUT2D eigenvalue weighted by Crippen LogP contribution is 2.43. The van der Waals surface area contributed by atoms with Gasteiger partial charge in [-0.25, -0.2) is 0 Å². The van der Waals surface area contributed by atoms with Crippen LogP contribution >= 0.6 is 0 Å². The lowest BCUT2D eigenvalue weighted by atomic mass is 9.67. The predicted molar refractivity (Wildman–Crippen MR) is 84.5 cm³/mol. The molecule has 1 atom stereocenters. The van der Waals surface area contributed by atoms with Crippen LogP contribution in [0.4, 0.5) is 0 Å². The van der Waals surface area contributed by atoms with E-state index in [0.29, 0.717) is 5.41 Å². The summed E-state index contributed by atoms with van der Waals surface area (Å²) in [6.45, 7) is 8.41. The summed E-state index contributed by atoms with van der Waals surface area (Å²) in [5.74, 6) is 0. The third-order valence-corrected chi connectivity index (χ3v) is 4.84. The van der Waals surface area contributed by atoms with Gasteiger partial charge in [0.25, 0.3) is 0 Å². The van der Waals surface area contributed by atoms with E-state index in [0.717, 1.165) is 24.5 Å². The second-order valence-corrected chi connectivity index (χ2v) is 7.25. The summed E-state index contributed by atoms with van der Waals surface area (Å²) < 4.78 is 0. The molecule has 1 aliphatic rings. The molecule has 0 amide bonds. The van der Waals surface area contributed by atoms with Crippen molar-refractivity contribution < 1.29 is 0 Å². The first-order valence-electron chi connectivity index (χ1n) is 7.71. The molecule has 0 radical (unpaired) electrons. The molecule has 1 unspecified atom stereocenters. The van der Waals surface area contributed by atoms with Gasteiger partial charge in [-0.1, -0.05) is 26.3 Å². The lowest BCUT2D eigenvalue weighted by Gasteiger charge is -2.49. The minimum Gasteiger partial charge on any atom is -0.329 e. The van der Waals surface area contributed by atoms with Gasteiger partial charge < -0.3 is 5.73 Å². The Morgan fingerprint density at radius 1 is 1.30 bits per heavy atom. The van der Waals surface area contributed by atoms with Crippen LogP contribution in [0, 0.1) is 12.3 Å². The minimum absolute atomic E-state index is 0.132. The molecule has 0 saturated heterocycles. The van der Waals surface area contributed by atoms with Crippen LogP contribution < -0.4 is 5.73 Å². The zero-order valence-corrected chi connectivity index (χ0v) is 13.4. The molecular weight excluding hydrogens is 246 g/mol. The maximum Gasteiger partial charge on any atom is 0.0547 e. The monoisotopic (exact) mass is 275 g/mol. The van der Waals surface area contributed by atoms with Crippen LogP contribution in [0.15, 0.2) is 18.2 Å². The van der Waals surface area contributed by atoms with E-state index >= 15 is 0 Å². The Kier molecular flexibility index (Phi) is 4.50. The van der Waals surface area contributed by atoms with Crippen LogP contribution in [0.5, 0.6) is 0 Å². The second-order valence-electron chi connectivity index (χ2n) is 7.25. The Hall–Kier alpha value is -0.930. The quantitative estimate of drug-likeness (QED) is 0.918. The van der Waals surface area contributed by atoms with Gasteiger partial charge in [-0.15, -0.1) is 0 Å².